The van der Waals surface area contributed by atoms with Gasteiger partial charge in [0.1, 0.15) is 0 Å². The Morgan fingerprint density at radius 3 is 2.73 bits per heavy atom. The number of nitrogens with two attached hydrogens (primary N) is 1. The first-order valence-electron chi connectivity index (χ1n) is 4.13. The van der Waals surface area contributed by atoms with E-state index in [4.69, 9.17) is 29.6 Å². The fraction of sp³-hybridized carbons (Fsp3) is 0.222. The first-order valence-corrected chi connectivity index (χ1v) is 4.92. The number of aryl methyl sites for hydroxylation is 1. The van der Waals surface area contributed by atoms with Crippen LogP contribution in [0.3, 0.4) is 0 Å². The highest BCUT2D eigenvalue weighted by Gasteiger charge is 2.14. The molecule has 1 rings (SSSR count). The molecule has 2 N–H and O–H groups in total. The average molecular weight is 245 g/mol. The molecule has 0 aromatic heterocycles. The summed E-state index contributed by atoms with van der Waals surface area (Å²) >= 11 is 10.6. The van der Waals surface area contributed by atoms with Crippen LogP contribution in [0.25, 0.3) is 0 Å². The average Bonchev–Trinajstić information content (AvgIpc) is 2.09. The largest absolute Gasteiger partial charge is 0.393 e. The van der Waals surface area contributed by atoms with E-state index in [-0.39, 0.29) is 5.69 Å². The van der Waals surface area contributed by atoms with Crippen LogP contribution < -0.4 is 5.73 Å². The van der Waals surface area contributed by atoms with Crippen molar-refractivity contribution < 1.29 is 4.92 Å². The van der Waals surface area contributed by atoms with Crippen molar-refractivity contribution in [3.63, 3.8) is 0 Å². The highest BCUT2D eigenvalue weighted by atomic mass is 35.5. The van der Waals surface area contributed by atoms with Gasteiger partial charge in [0.15, 0.2) is 0 Å². The molecule has 0 unspecified atom stereocenters. The van der Waals surface area contributed by atoms with Gasteiger partial charge in [-0.2, -0.15) is 0 Å². The van der Waals surface area contributed by atoms with Crippen molar-refractivity contribution in [2.24, 2.45) is 5.73 Å². The number of rotatable bonds is 3. The SMILES string of the molecule is Cc1cc(CC(N)=S)c(Cl)cc1[N+](=O)[O-]. The zero-order valence-corrected chi connectivity index (χ0v) is 9.56. The Hall–Kier alpha value is -1.20. The van der Waals surface area contributed by atoms with E-state index < -0.39 is 4.92 Å². The van der Waals surface area contributed by atoms with Crippen molar-refractivity contribution in [2.45, 2.75) is 13.3 Å². The molecular weight excluding hydrogens is 236 g/mol. The highest BCUT2D eigenvalue weighted by molar-refractivity contribution is 7.80. The lowest BCUT2D eigenvalue weighted by Crippen LogP contribution is -2.11. The van der Waals surface area contributed by atoms with Crippen LogP contribution in [-0.4, -0.2) is 9.91 Å². The van der Waals surface area contributed by atoms with Crippen LogP contribution in [0.5, 0.6) is 0 Å². The van der Waals surface area contributed by atoms with Gasteiger partial charge in [0.2, 0.25) is 0 Å². The molecule has 80 valence electrons. The first-order chi connectivity index (χ1) is 6.91. The van der Waals surface area contributed by atoms with Crippen molar-refractivity contribution in [2.75, 3.05) is 0 Å². The van der Waals surface area contributed by atoms with Gasteiger partial charge in [-0.3, -0.25) is 10.1 Å². The van der Waals surface area contributed by atoms with E-state index in [2.05, 4.69) is 0 Å². The van der Waals surface area contributed by atoms with Gasteiger partial charge in [-0.15, -0.1) is 0 Å². The van der Waals surface area contributed by atoms with Crippen LogP contribution in [0.4, 0.5) is 5.69 Å². The maximum absolute atomic E-state index is 10.6. The molecule has 0 aliphatic carbocycles. The summed E-state index contributed by atoms with van der Waals surface area (Å²) in [6.45, 7) is 1.65. The van der Waals surface area contributed by atoms with Crippen LogP contribution >= 0.6 is 23.8 Å². The van der Waals surface area contributed by atoms with Crippen molar-refractivity contribution >= 4 is 34.5 Å². The number of hydrogen-bond acceptors (Lipinski definition) is 3. The van der Waals surface area contributed by atoms with Gasteiger partial charge in [-0.05, 0) is 18.6 Å². The molecule has 0 saturated heterocycles. The van der Waals surface area contributed by atoms with Crippen molar-refractivity contribution in [1.29, 1.82) is 0 Å². The summed E-state index contributed by atoms with van der Waals surface area (Å²) in [4.78, 5) is 10.4. The number of hydrogen-bond donors (Lipinski definition) is 1. The number of nitro benzene ring substituents is 1. The number of benzene rings is 1. The summed E-state index contributed by atoms with van der Waals surface area (Å²) in [5.74, 6) is 0. The lowest BCUT2D eigenvalue weighted by molar-refractivity contribution is -0.385. The standard InChI is InChI=1S/C9H9ClN2O2S/c1-5-2-6(3-9(11)15)7(10)4-8(5)12(13)14/h2,4H,3H2,1H3,(H2,11,15). The Labute approximate surface area is 97.2 Å². The lowest BCUT2D eigenvalue weighted by atomic mass is 10.1. The minimum Gasteiger partial charge on any atom is -0.393 e. The number of nitrogens with zero attached hydrogens (tertiary/aromatic N) is 1. The minimum absolute atomic E-state index is 0.00619. The fourth-order valence-electron chi connectivity index (χ4n) is 1.25. The van der Waals surface area contributed by atoms with E-state index in [9.17, 15) is 10.1 Å². The normalized spacial score (nSPS) is 10.0. The van der Waals surface area contributed by atoms with Crippen LogP contribution in [0, 0.1) is 17.0 Å². The van der Waals surface area contributed by atoms with E-state index >= 15 is 0 Å². The molecule has 0 saturated carbocycles. The van der Waals surface area contributed by atoms with Gasteiger partial charge in [-0.1, -0.05) is 23.8 Å². The number of halogens is 1. The Balaban J connectivity index is 3.19. The molecule has 0 aliphatic heterocycles. The Morgan fingerprint density at radius 2 is 2.27 bits per heavy atom. The predicted molar refractivity (Wildman–Crippen MR) is 63.3 cm³/mol. The molecule has 1 aromatic carbocycles. The monoisotopic (exact) mass is 244 g/mol. The van der Waals surface area contributed by atoms with Gasteiger partial charge >= 0.3 is 0 Å². The van der Waals surface area contributed by atoms with Gasteiger partial charge in [0, 0.05) is 18.1 Å². The fourth-order valence-corrected chi connectivity index (χ4v) is 1.63. The first kappa shape index (κ1) is 11.9. The molecule has 15 heavy (non-hydrogen) atoms. The summed E-state index contributed by atoms with van der Waals surface area (Å²) in [5.41, 5.74) is 6.65. The van der Waals surface area contributed by atoms with E-state index in [1.165, 1.54) is 6.07 Å². The molecule has 4 nitrogen and oxygen atoms in total. The highest BCUT2D eigenvalue weighted by Crippen LogP contribution is 2.26. The van der Waals surface area contributed by atoms with Gasteiger partial charge in [0.25, 0.3) is 5.69 Å². The third-order valence-electron chi connectivity index (χ3n) is 1.93. The summed E-state index contributed by atoms with van der Waals surface area (Å²) in [6, 6.07) is 2.96. The molecule has 0 bridgehead atoms. The van der Waals surface area contributed by atoms with Crippen LogP contribution in [0.2, 0.25) is 5.02 Å². The number of nitro groups is 1. The predicted octanol–water partition coefficient (Wildman–Crippen LogP) is 2.39. The molecule has 1 aromatic rings. The molecule has 0 atom stereocenters. The van der Waals surface area contributed by atoms with Crippen LogP contribution in [0.1, 0.15) is 11.1 Å². The summed E-state index contributed by atoms with van der Waals surface area (Å²) in [6.07, 6.45) is 0.354. The van der Waals surface area contributed by atoms with Gasteiger partial charge in [-0.25, -0.2) is 0 Å². The molecule has 0 aliphatic rings. The molecule has 0 spiro atoms. The Morgan fingerprint density at radius 1 is 1.67 bits per heavy atom. The maximum Gasteiger partial charge on any atom is 0.273 e. The Kier molecular flexibility index (Phi) is 3.60. The molecule has 0 fully saturated rings. The second kappa shape index (κ2) is 4.55. The zero-order chi connectivity index (χ0) is 11.6. The van der Waals surface area contributed by atoms with Crippen molar-refractivity contribution in [3.05, 3.63) is 38.4 Å². The molecule has 0 radical (unpaired) electrons. The van der Waals surface area contributed by atoms with Gasteiger partial charge in [0.05, 0.1) is 14.9 Å². The topological polar surface area (TPSA) is 69.2 Å². The summed E-state index contributed by atoms with van der Waals surface area (Å²) in [5, 5.41) is 10.9. The lowest BCUT2D eigenvalue weighted by Gasteiger charge is -2.05. The van der Waals surface area contributed by atoms with E-state index in [0.717, 1.165) is 0 Å². The minimum atomic E-state index is -0.467. The molecule has 0 amide bonds. The maximum atomic E-state index is 10.6. The summed E-state index contributed by atoms with van der Waals surface area (Å²) in [7, 11) is 0. The second-order valence-electron chi connectivity index (χ2n) is 3.13. The van der Waals surface area contributed by atoms with E-state index in [1.807, 2.05) is 0 Å². The van der Waals surface area contributed by atoms with Crippen molar-refractivity contribution in [3.8, 4) is 0 Å². The molecule has 6 heteroatoms. The van der Waals surface area contributed by atoms with Crippen molar-refractivity contribution in [1.82, 2.24) is 0 Å². The Bertz CT molecular complexity index is 434. The zero-order valence-electron chi connectivity index (χ0n) is 7.99. The second-order valence-corrected chi connectivity index (χ2v) is 4.06. The van der Waals surface area contributed by atoms with Crippen LogP contribution in [-0.2, 0) is 6.42 Å². The van der Waals surface area contributed by atoms with E-state index in [0.29, 0.717) is 27.6 Å². The summed E-state index contributed by atoms with van der Waals surface area (Å²) < 4.78 is 0. The molecule has 0 heterocycles. The third-order valence-corrected chi connectivity index (χ3v) is 2.42. The number of thiocarbonyl (C=S) groups is 1. The van der Waals surface area contributed by atoms with Crippen LogP contribution in [0.15, 0.2) is 12.1 Å². The quantitative estimate of drug-likeness (QED) is 0.504. The van der Waals surface area contributed by atoms with Gasteiger partial charge < -0.3 is 5.73 Å². The third kappa shape index (κ3) is 2.87. The smallest absolute Gasteiger partial charge is 0.273 e. The molecular formula is C9H9ClN2O2S. The van der Waals surface area contributed by atoms with E-state index in [1.54, 1.807) is 13.0 Å².